The highest BCUT2D eigenvalue weighted by Gasteiger charge is 2.39. The van der Waals surface area contributed by atoms with E-state index in [9.17, 15) is 14.7 Å². The fraction of sp³-hybridized carbons (Fsp3) is 0.818. The summed E-state index contributed by atoms with van der Waals surface area (Å²) in [6, 6.07) is -0.455. The van der Waals surface area contributed by atoms with Gasteiger partial charge in [0.25, 0.3) is 0 Å². The molecule has 0 aromatic rings. The zero-order chi connectivity index (χ0) is 12.9. The van der Waals surface area contributed by atoms with Gasteiger partial charge in [0.05, 0.1) is 12.1 Å². The van der Waals surface area contributed by atoms with Gasteiger partial charge < -0.3 is 10.4 Å². The van der Waals surface area contributed by atoms with Crippen LogP contribution in [0.4, 0.5) is 4.79 Å². The van der Waals surface area contributed by atoms with Gasteiger partial charge in [-0.15, -0.1) is 0 Å². The van der Waals surface area contributed by atoms with Crippen molar-refractivity contribution < 1.29 is 14.7 Å². The second kappa shape index (κ2) is 5.97. The highest BCUT2D eigenvalue weighted by molar-refractivity contribution is 5.95. The molecule has 0 aromatic carbocycles. The van der Waals surface area contributed by atoms with Gasteiger partial charge in [0.2, 0.25) is 5.91 Å². The van der Waals surface area contributed by atoms with Crippen LogP contribution in [0, 0.1) is 0 Å². The first-order chi connectivity index (χ1) is 7.99. The molecule has 17 heavy (non-hydrogen) atoms. The van der Waals surface area contributed by atoms with Crippen molar-refractivity contribution >= 4 is 11.9 Å². The van der Waals surface area contributed by atoms with Crippen LogP contribution in [-0.2, 0) is 4.79 Å². The highest BCUT2D eigenvalue weighted by Crippen LogP contribution is 2.23. The van der Waals surface area contributed by atoms with Crippen molar-refractivity contribution in [1.29, 1.82) is 0 Å². The maximum atomic E-state index is 11.4. The van der Waals surface area contributed by atoms with Crippen molar-refractivity contribution in [3.05, 3.63) is 0 Å². The summed E-state index contributed by atoms with van der Waals surface area (Å²) in [7, 11) is 0. The van der Waals surface area contributed by atoms with E-state index in [0.29, 0.717) is 26.1 Å². The number of amides is 3. The smallest absolute Gasteiger partial charge is 0.321 e. The Morgan fingerprint density at radius 1 is 1.35 bits per heavy atom. The van der Waals surface area contributed by atoms with E-state index in [0.717, 1.165) is 6.42 Å². The number of rotatable bonds is 5. The molecule has 1 saturated heterocycles. The Balaban J connectivity index is 2.17. The number of hydrogen-bond donors (Lipinski definition) is 3. The van der Waals surface area contributed by atoms with E-state index in [1.807, 2.05) is 18.7 Å². The molecule has 0 atom stereocenters. The maximum Gasteiger partial charge on any atom is 0.321 e. The molecule has 6 nitrogen and oxygen atoms in total. The van der Waals surface area contributed by atoms with Crippen LogP contribution in [0.3, 0.4) is 0 Å². The van der Waals surface area contributed by atoms with Crippen LogP contribution in [0.1, 0.15) is 26.7 Å². The Labute approximate surface area is 101 Å². The molecule has 1 rings (SSSR count). The number of carbonyl (C=O) groups excluding carboxylic acids is 2. The molecule has 0 bridgehead atoms. The lowest BCUT2D eigenvalue weighted by molar-refractivity contribution is -0.131. The van der Waals surface area contributed by atoms with E-state index in [1.165, 1.54) is 0 Å². The van der Waals surface area contributed by atoms with E-state index in [-0.39, 0.29) is 12.5 Å². The first-order valence-electron chi connectivity index (χ1n) is 6.01. The summed E-state index contributed by atoms with van der Waals surface area (Å²) in [6.07, 6.45) is 1.51. The van der Waals surface area contributed by atoms with Gasteiger partial charge >= 0.3 is 6.03 Å². The second-order valence-electron chi connectivity index (χ2n) is 4.53. The molecule has 1 fully saturated rings. The molecular weight excluding hydrogens is 222 g/mol. The van der Waals surface area contributed by atoms with Crippen LogP contribution in [0.2, 0.25) is 0 Å². The Morgan fingerprint density at radius 2 is 2.00 bits per heavy atom. The van der Waals surface area contributed by atoms with Gasteiger partial charge in [-0.25, -0.2) is 4.79 Å². The second-order valence-corrected chi connectivity index (χ2v) is 4.53. The molecule has 0 aromatic heterocycles. The predicted octanol–water partition coefficient (Wildman–Crippen LogP) is -0.321. The molecule has 0 spiro atoms. The third-order valence-corrected chi connectivity index (χ3v) is 2.85. The SMILES string of the molecule is CCCNC(=O)NC(=O)CN1CC(O)(CC)C1. The van der Waals surface area contributed by atoms with Gasteiger partial charge in [-0.1, -0.05) is 13.8 Å². The minimum atomic E-state index is -0.648. The number of nitrogens with zero attached hydrogens (tertiary/aromatic N) is 1. The normalized spacial score (nSPS) is 18.3. The van der Waals surface area contributed by atoms with E-state index < -0.39 is 11.6 Å². The Kier molecular flexibility index (Phi) is 4.89. The molecule has 0 unspecified atom stereocenters. The number of β-amino-alcohol motifs (C(OH)–C–C–N with tert-alkyl or cyclic N) is 1. The van der Waals surface area contributed by atoms with Crippen LogP contribution in [0.15, 0.2) is 0 Å². The van der Waals surface area contributed by atoms with Crippen molar-refractivity contribution in [1.82, 2.24) is 15.5 Å². The van der Waals surface area contributed by atoms with Gasteiger partial charge in [-0.2, -0.15) is 0 Å². The molecule has 1 aliphatic rings. The molecule has 6 heteroatoms. The van der Waals surface area contributed by atoms with E-state index in [1.54, 1.807) is 0 Å². The lowest BCUT2D eigenvalue weighted by Crippen LogP contribution is -2.63. The van der Waals surface area contributed by atoms with Gasteiger partial charge in [0.1, 0.15) is 0 Å². The first-order valence-corrected chi connectivity index (χ1v) is 6.01. The molecule has 0 saturated carbocycles. The number of imide groups is 1. The fourth-order valence-corrected chi connectivity index (χ4v) is 1.77. The van der Waals surface area contributed by atoms with Crippen molar-refractivity contribution in [2.24, 2.45) is 0 Å². The van der Waals surface area contributed by atoms with Gasteiger partial charge in [-0.3, -0.25) is 15.0 Å². The summed E-state index contributed by atoms with van der Waals surface area (Å²) in [5, 5.41) is 14.6. The Hall–Kier alpha value is -1.14. The maximum absolute atomic E-state index is 11.4. The van der Waals surface area contributed by atoms with Crippen LogP contribution in [0.5, 0.6) is 0 Å². The number of likely N-dealkylation sites (tertiary alicyclic amines) is 1. The number of hydrogen-bond acceptors (Lipinski definition) is 4. The predicted molar refractivity (Wildman–Crippen MR) is 63.5 cm³/mol. The van der Waals surface area contributed by atoms with Crippen LogP contribution in [0.25, 0.3) is 0 Å². The van der Waals surface area contributed by atoms with Gasteiger partial charge in [-0.05, 0) is 12.8 Å². The van der Waals surface area contributed by atoms with Gasteiger partial charge in [0, 0.05) is 19.6 Å². The van der Waals surface area contributed by atoms with Gasteiger partial charge in [0.15, 0.2) is 0 Å². The fourth-order valence-electron chi connectivity index (χ4n) is 1.77. The topological polar surface area (TPSA) is 81.7 Å². The van der Waals surface area contributed by atoms with Crippen molar-refractivity contribution in [2.75, 3.05) is 26.2 Å². The quantitative estimate of drug-likeness (QED) is 0.618. The average Bonchev–Trinajstić information content (AvgIpc) is 2.23. The number of carbonyl (C=O) groups is 2. The van der Waals surface area contributed by atoms with Crippen molar-refractivity contribution in [3.63, 3.8) is 0 Å². The minimum Gasteiger partial charge on any atom is -0.387 e. The summed E-state index contributed by atoms with van der Waals surface area (Å²) < 4.78 is 0. The first kappa shape index (κ1) is 13.9. The number of nitrogens with one attached hydrogen (secondary N) is 2. The molecule has 98 valence electrons. The van der Waals surface area contributed by atoms with Crippen LogP contribution < -0.4 is 10.6 Å². The third kappa shape index (κ3) is 4.32. The Morgan fingerprint density at radius 3 is 2.53 bits per heavy atom. The van der Waals surface area contributed by atoms with E-state index >= 15 is 0 Å². The molecular formula is C11H21N3O3. The number of aliphatic hydroxyl groups is 1. The summed E-state index contributed by atoms with van der Waals surface area (Å²) in [6.45, 7) is 5.55. The molecule has 0 aliphatic carbocycles. The summed E-state index contributed by atoms with van der Waals surface area (Å²) in [5.74, 6) is -0.336. The number of urea groups is 1. The molecule has 3 amide bonds. The summed E-state index contributed by atoms with van der Waals surface area (Å²) >= 11 is 0. The Bertz CT molecular complexity index is 288. The average molecular weight is 243 g/mol. The standard InChI is InChI=1S/C11H21N3O3/c1-3-5-12-10(16)13-9(15)6-14-7-11(17,4-2)8-14/h17H,3-8H2,1-2H3,(H2,12,13,15,16). The van der Waals surface area contributed by atoms with E-state index in [4.69, 9.17) is 0 Å². The molecule has 3 N–H and O–H groups in total. The lowest BCUT2D eigenvalue weighted by atomic mass is 9.91. The molecule has 1 aliphatic heterocycles. The van der Waals surface area contributed by atoms with Crippen molar-refractivity contribution in [2.45, 2.75) is 32.3 Å². The van der Waals surface area contributed by atoms with E-state index in [2.05, 4.69) is 10.6 Å². The van der Waals surface area contributed by atoms with Crippen LogP contribution >= 0.6 is 0 Å². The van der Waals surface area contributed by atoms with Crippen molar-refractivity contribution in [3.8, 4) is 0 Å². The molecule has 1 heterocycles. The summed E-state index contributed by atoms with van der Waals surface area (Å²) in [4.78, 5) is 24.4. The largest absolute Gasteiger partial charge is 0.387 e. The summed E-state index contributed by atoms with van der Waals surface area (Å²) in [5.41, 5.74) is -0.648. The minimum absolute atomic E-state index is 0.155. The van der Waals surface area contributed by atoms with Crippen LogP contribution in [-0.4, -0.2) is 53.7 Å². The monoisotopic (exact) mass is 243 g/mol. The zero-order valence-electron chi connectivity index (χ0n) is 10.5. The third-order valence-electron chi connectivity index (χ3n) is 2.85. The zero-order valence-corrected chi connectivity index (χ0v) is 10.5. The molecule has 0 radical (unpaired) electrons. The lowest BCUT2D eigenvalue weighted by Gasteiger charge is -2.45. The highest BCUT2D eigenvalue weighted by atomic mass is 16.3.